The summed E-state index contributed by atoms with van der Waals surface area (Å²) in [6.45, 7) is 0.780. The topological polar surface area (TPSA) is 123 Å². The molecule has 2 rings (SSSR count). The molecule has 0 bridgehead atoms. The molecule has 8 heteroatoms. The Labute approximate surface area is 104 Å². The van der Waals surface area contributed by atoms with Crippen LogP contribution in [0, 0.1) is 0 Å². The van der Waals surface area contributed by atoms with Crippen LogP contribution in [0.25, 0.3) is 0 Å². The molecule has 0 aromatic rings. The summed E-state index contributed by atoms with van der Waals surface area (Å²) >= 11 is 0. The summed E-state index contributed by atoms with van der Waals surface area (Å²) in [5, 5.41) is 48.6. The van der Waals surface area contributed by atoms with Crippen LogP contribution >= 0.6 is 0 Å². The van der Waals surface area contributed by atoms with Crippen LogP contribution in [0.1, 0.15) is 0 Å². The Hall–Kier alpha value is -0.320. The Bertz CT molecular complexity index is 279. The molecule has 2 aliphatic rings. The molecular formula is C10H19NO7. The van der Waals surface area contributed by atoms with Gasteiger partial charge >= 0.3 is 0 Å². The lowest BCUT2D eigenvalue weighted by Gasteiger charge is -2.50. The van der Waals surface area contributed by atoms with Crippen molar-refractivity contribution in [2.24, 2.45) is 0 Å². The molecule has 0 saturated carbocycles. The van der Waals surface area contributed by atoms with Crippen molar-refractivity contribution in [3.63, 3.8) is 0 Å². The minimum atomic E-state index is -2.13. The van der Waals surface area contributed by atoms with Crippen molar-refractivity contribution >= 4 is 0 Å². The van der Waals surface area contributed by atoms with Crippen LogP contribution in [0.5, 0.6) is 0 Å². The molecule has 2 heterocycles. The lowest BCUT2D eigenvalue weighted by atomic mass is 9.95. The third-order valence-corrected chi connectivity index (χ3v) is 3.41. The first-order valence-electron chi connectivity index (χ1n) is 5.88. The van der Waals surface area contributed by atoms with Crippen LogP contribution in [0.4, 0.5) is 0 Å². The number of hydrogen-bond donors (Lipinski definition) is 5. The minimum absolute atomic E-state index is 0.314. The molecular weight excluding hydrogens is 246 g/mol. The van der Waals surface area contributed by atoms with Gasteiger partial charge in [0.15, 0.2) is 6.10 Å². The molecule has 0 spiro atoms. The summed E-state index contributed by atoms with van der Waals surface area (Å²) in [4.78, 5) is 1.42. The van der Waals surface area contributed by atoms with Crippen molar-refractivity contribution < 1.29 is 35.0 Å². The van der Waals surface area contributed by atoms with Gasteiger partial charge in [0.25, 0.3) is 5.91 Å². The number of aliphatic hydroxyl groups excluding tert-OH is 4. The average Bonchev–Trinajstić information content (AvgIpc) is 2.41. The maximum absolute atomic E-state index is 10.4. The van der Waals surface area contributed by atoms with Gasteiger partial charge in [-0.2, -0.15) is 0 Å². The summed E-state index contributed by atoms with van der Waals surface area (Å²) in [5.41, 5.74) is 0. The van der Waals surface area contributed by atoms with Crippen LogP contribution in [0.15, 0.2) is 0 Å². The van der Waals surface area contributed by atoms with Crippen LogP contribution in [0.3, 0.4) is 0 Å². The molecule has 5 unspecified atom stereocenters. The highest BCUT2D eigenvalue weighted by atomic mass is 16.7. The second-order valence-electron chi connectivity index (χ2n) is 4.52. The van der Waals surface area contributed by atoms with Crippen molar-refractivity contribution in [2.45, 2.75) is 30.3 Å². The SMILES string of the molecule is OCC1OC(O)(N2CCOCC2)C(O)C(O)C1O. The maximum Gasteiger partial charge on any atom is 0.258 e. The molecule has 18 heavy (non-hydrogen) atoms. The van der Waals surface area contributed by atoms with E-state index in [9.17, 15) is 20.4 Å². The van der Waals surface area contributed by atoms with Crippen LogP contribution < -0.4 is 0 Å². The molecule has 0 amide bonds. The average molecular weight is 265 g/mol. The molecule has 8 nitrogen and oxygen atoms in total. The van der Waals surface area contributed by atoms with Gasteiger partial charge in [0.2, 0.25) is 0 Å². The second-order valence-corrected chi connectivity index (χ2v) is 4.52. The highest BCUT2D eigenvalue weighted by molar-refractivity contribution is 4.96. The van der Waals surface area contributed by atoms with E-state index >= 15 is 0 Å². The molecule has 0 aromatic heterocycles. The van der Waals surface area contributed by atoms with E-state index in [1.165, 1.54) is 4.90 Å². The molecule has 2 saturated heterocycles. The van der Waals surface area contributed by atoms with E-state index in [1.54, 1.807) is 0 Å². The number of hydrogen-bond acceptors (Lipinski definition) is 8. The van der Waals surface area contributed by atoms with E-state index in [-0.39, 0.29) is 0 Å². The Balaban J connectivity index is 2.18. The van der Waals surface area contributed by atoms with E-state index in [4.69, 9.17) is 14.6 Å². The first kappa shape index (κ1) is 14.1. The Kier molecular flexibility index (Phi) is 4.19. The highest BCUT2D eigenvalue weighted by Gasteiger charge is 2.55. The quantitative estimate of drug-likeness (QED) is 0.347. The molecule has 5 N–H and O–H groups in total. The third kappa shape index (κ3) is 2.26. The Morgan fingerprint density at radius 3 is 2.28 bits per heavy atom. The van der Waals surface area contributed by atoms with Gasteiger partial charge in [0.1, 0.15) is 18.3 Å². The fraction of sp³-hybridized carbons (Fsp3) is 1.00. The van der Waals surface area contributed by atoms with Gasteiger partial charge < -0.3 is 35.0 Å². The maximum atomic E-state index is 10.4. The zero-order chi connectivity index (χ0) is 13.3. The fourth-order valence-electron chi connectivity index (χ4n) is 2.28. The van der Waals surface area contributed by atoms with Crippen LogP contribution in [-0.4, -0.2) is 93.7 Å². The second kappa shape index (κ2) is 5.35. The van der Waals surface area contributed by atoms with Crippen molar-refractivity contribution in [1.82, 2.24) is 4.90 Å². The van der Waals surface area contributed by atoms with E-state index in [0.29, 0.717) is 26.3 Å². The number of nitrogens with zero attached hydrogens (tertiary/aromatic N) is 1. The van der Waals surface area contributed by atoms with Gasteiger partial charge in [-0.3, -0.25) is 0 Å². The fourth-order valence-corrected chi connectivity index (χ4v) is 2.28. The number of rotatable bonds is 2. The van der Waals surface area contributed by atoms with E-state index in [1.807, 2.05) is 0 Å². The predicted octanol–water partition coefficient (Wildman–Crippen LogP) is -3.56. The monoisotopic (exact) mass is 265 g/mol. The summed E-state index contributed by atoms with van der Waals surface area (Å²) < 4.78 is 10.3. The van der Waals surface area contributed by atoms with Gasteiger partial charge in [-0.1, -0.05) is 0 Å². The summed E-state index contributed by atoms with van der Waals surface area (Å²) in [6, 6.07) is 0. The summed E-state index contributed by atoms with van der Waals surface area (Å²) in [7, 11) is 0. The van der Waals surface area contributed by atoms with Gasteiger partial charge in [0, 0.05) is 13.1 Å². The molecule has 5 atom stereocenters. The zero-order valence-electron chi connectivity index (χ0n) is 9.84. The first-order valence-corrected chi connectivity index (χ1v) is 5.88. The van der Waals surface area contributed by atoms with Crippen LogP contribution in [-0.2, 0) is 9.47 Å². The predicted molar refractivity (Wildman–Crippen MR) is 57.3 cm³/mol. The molecule has 106 valence electrons. The molecule has 0 aliphatic carbocycles. The van der Waals surface area contributed by atoms with Gasteiger partial charge in [0.05, 0.1) is 19.8 Å². The third-order valence-electron chi connectivity index (χ3n) is 3.41. The van der Waals surface area contributed by atoms with E-state index in [2.05, 4.69) is 0 Å². The molecule has 2 fully saturated rings. The van der Waals surface area contributed by atoms with Crippen molar-refractivity contribution in [3.05, 3.63) is 0 Å². The molecule has 0 radical (unpaired) electrons. The summed E-state index contributed by atoms with van der Waals surface area (Å²) in [6.07, 6.45) is -5.89. The van der Waals surface area contributed by atoms with Crippen molar-refractivity contribution in [1.29, 1.82) is 0 Å². The lowest BCUT2D eigenvalue weighted by Crippen LogP contribution is -2.72. The standard InChI is InChI=1S/C10H19NO7/c12-5-6-7(13)8(14)9(15)10(16,18-6)11-1-3-17-4-2-11/h6-9,12-16H,1-5H2. The Morgan fingerprint density at radius 2 is 1.72 bits per heavy atom. The number of morpholine rings is 1. The number of ether oxygens (including phenoxy) is 2. The van der Waals surface area contributed by atoms with Crippen molar-refractivity contribution in [2.75, 3.05) is 32.9 Å². The van der Waals surface area contributed by atoms with E-state index in [0.717, 1.165) is 0 Å². The summed E-state index contributed by atoms with van der Waals surface area (Å²) in [5.74, 6) is -2.13. The largest absolute Gasteiger partial charge is 0.394 e. The smallest absolute Gasteiger partial charge is 0.258 e. The van der Waals surface area contributed by atoms with Gasteiger partial charge in [-0.25, -0.2) is 4.90 Å². The highest BCUT2D eigenvalue weighted by Crippen LogP contribution is 2.31. The lowest BCUT2D eigenvalue weighted by molar-refractivity contribution is -0.406. The van der Waals surface area contributed by atoms with Gasteiger partial charge in [-0.15, -0.1) is 0 Å². The first-order chi connectivity index (χ1) is 8.50. The van der Waals surface area contributed by atoms with Gasteiger partial charge in [-0.05, 0) is 0 Å². The number of aliphatic hydroxyl groups is 5. The van der Waals surface area contributed by atoms with Crippen molar-refractivity contribution in [3.8, 4) is 0 Å². The zero-order valence-corrected chi connectivity index (χ0v) is 9.84. The molecule has 2 aliphatic heterocycles. The van der Waals surface area contributed by atoms with Crippen LogP contribution in [0.2, 0.25) is 0 Å². The normalized spacial score (nSPS) is 47.2. The molecule has 0 aromatic carbocycles. The van der Waals surface area contributed by atoms with E-state index < -0.39 is 36.9 Å². The Morgan fingerprint density at radius 1 is 1.11 bits per heavy atom. The minimum Gasteiger partial charge on any atom is -0.394 e.